The van der Waals surface area contributed by atoms with Crippen molar-refractivity contribution in [1.29, 1.82) is 0 Å². The van der Waals surface area contributed by atoms with Gasteiger partial charge in [-0.3, -0.25) is 0 Å². The van der Waals surface area contributed by atoms with Gasteiger partial charge in [-0.25, -0.2) is 14.4 Å². The van der Waals surface area contributed by atoms with Crippen LogP contribution in [0.25, 0.3) is 11.4 Å². The van der Waals surface area contributed by atoms with Gasteiger partial charge < -0.3 is 5.32 Å². The first-order valence-corrected chi connectivity index (χ1v) is 5.75. The van der Waals surface area contributed by atoms with Crippen molar-refractivity contribution in [3.63, 3.8) is 0 Å². The van der Waals surface area contributed by atoms with E-state index < -0.39 is 17.6 Å². The summed E-state index contributed by atoms with van der Waals surface area (Å²) in [5, 5.41) is 2.84. The quantitative estimate of drug-likeness (QED) is 0.881. The zero-order chi connectivity index (χ0) is 14.8. The van der Waals surface area contributed by atoms with Crippen molar-refractivity contribution < 1.29 is 17.6 Å². The molecule has 0 aliphatic heterocycles. The lowest BCUT2D eigenvalue weighted by Gasteiger charge is -2.12. The molecule has 0 fully saturated rings. The molecule has 1 N–H and O–H groups in total. The van der Waals surface area contributed by atoms with E-state index in [0.717, 1.165) is 12.1 Å². The molecular weight excluding hydrogens is 274 g/mol. The molecule has 0 bridgehead atoms. The fourth-order valence-electron chi connectivity index (χ4n) is 1.75. The molecule has 0 saturated heterocycles. The van der Waals surface area contributed by atoms with Crippen LogP contribution in [0, 0.1) is 5.82 Å². The van der Waals surface area contributed by atoms with Crippen LogP contribution >= 0.6 is 0 Å². The first-order valence-electron chi connectivity index (χ1n) is 5.75. The first-order chi connectivity index (χ1) is 9.41. The van der Waals surface area contributed by atoms with Gasteiger partial charge in [-0.1, -0.05) is 0 Å². The lowest BCUT2D eigenvalue weighted by molar-refractivity contribution is -0.137. The predicted molar refractivity (Wildman–Crippen MR) is 65.2 cm³/mol. The maximum Gasteiger partial charge on any atom is 0.417 e. The molecule has 0 amide bonds. The minimum atomic E-state index is -4.67. The van der Waals surface area contributed by atoms with Gasteiger partial charge in [-0.15, -0.1) is 0 Å². The molecule has 0 spiro atoms. The van der Waals surface area contributed by atoms with Crippen LogP contribution in [-0.4, -0.2) is 17.0 Å². The second-order valence-corrected chi connectivity index (χ2v) is 4.09. The Labute approximate surface area is 112 Å². The summed E-state index contributed by atoms with van der Waals surface area (Å²) < 4.78 is 51.8. The van der Waals surface area contributed by atoms with Gasteiger partial charge in [-0.2, -0.15) is 13.2 Å². The van der Waals surface area contributed by atoms with Crippen LogP contribution in [0.5, 0.6) is 0 Å². The Hall–Kier alpha value is -2.02. The molecule has 3 nitrogen and oxygen atoms in total. The van der Waals surface area contributed by atoms with Crippen molar-refractivity contribution in [2.24, 2.45) is 0 Å². The summed E-state index contributed by atoms with van der Waals surface area (Å²) >= 11 is 0. The topological polar surface area (TPSA) is 37.8 Å². The van der Waals surface area contributed by atoms with E-state index in [-0.39, 0.29) is 11.4 Å². The number of halogens is 4. The highest BCUT2D eigenvalue weighted by Gasteiger charge is 2.34. The summed E-state index contributed by atoms with van der Waals surface area (Å²) in [6.07, 6.45) is -3.29. The molecule has 0 saturated carbocycles. The van der Waals surface area contributed by atoms with Crippen LogP contribution in [0.3, 0.4) is 0 Å². The molecule has 0 atom stereocenters. The molecule has 1 heterocycles. The summed E-state index contributed by atoms with van der Waals surface area (Å²) in [5.74, 6) is -1.03. The van der Waals surface area contributed by atoms with Gasteiger partial charge in [0, 0.05) is 18.3 Å². The van der Waals surface area contributed by atoms with E-state index in [1.165, 1.54) is 6.20 Å². The Bertz CT molecular complexity index is 611. The van der Waals surface area contributed by atoms with Crippen molar-refractivity contribution in [1.82, 2.24) is 15.3 Å². The van der Waals surface area contributed by atoms with E-state index in [1.54, 1.807) is 13.1 Å². The van der Waals surface area contributed by atoms with Crippen LogP contribution in [0.15, 0.2) is 30.5 Å². The summed E-state index contributed by atoms with van der Waals surface area (Å²) in [7, 11) is 1.70. The van der Waals surface area contributed by atoms with Crippen molar-refractivity contribution in [3.05, 3.63) is 47.5 Å². The lowest BCUT2D eigenvalue weighted by Crippen LogP contribution is -2.11. The molecule has 0 aliphatic rings. The number of nitrogens with zero attached hydrogens (tertiary/aromatic N) is 2. The normalized spacial score (nSPS) is 11.7. The second-order valence-electron chi connectivity index (χ2n) is 4.09. The average Bonchev–Trinajstić information content (AvgIpc) is 2.38. The Balaban J connectivity index is 2.55. The second kappa shape index (κ2) is 5.54. The fourth-order valence-corrected chi connectivity index (χ4v) is 1.75. The van der Waals surface area contributed by atoms with E-state index in [1.807, 2.05) is 0 Å². The Morgan fingerprint density at radius 3 is 2.60 bits per heavy atom. The van der Waals surface area contributed by atoms with E-state index in [4.69, 9.17) is 0 Å². The molecule has 7 heteroatoms. The number of alkyl halides is 3. The Kier molecular flexibility index (Phi) is 3.99. The zero-order valence-electron chi connectivity index (χ0n) is 10.5. The number of benzene rings is 1. The summed E-state index contributed by atoms with van der Waals surface area (Å²) in [6, 6.07) is 4.04. The molecule has 0 unspecified atom stereocenters. The molecule has 2 rings (SSSR count). The van der Waals surface area contributed by atoms with Crippen LogP contribution in [0.4, 0.5) is 17.6 Å². The SMILES string of the molecule is CNCc1ccnc(-c2ccc(F)cc2C(F)(F)F)n1. The van der Waals surface area contributed by atoms with Crippen LogP contribution in [0.1, 0.15) is 11.3 Å². The molecule has 0 radical (unpaired) electrons. The summed E-state index contributed by atoms with van der Waals surface area (Å²) in [4.78, 5) is 7.87. The van der Waals surface area contributed by atoms with E-state index >= 15 is 0 Å². The lowest BCUT2D eigenvalue weighted by atomic mass is 10.1. The monoisotopic (exact) mass is 285 g/mol. The van der Waals surface area contributed by atoms with Crippen LogP contribution in [0.2, 0.25) is 0 Å². The number of aromatic nitrogens is 2. The highest BCUT2D eigenvalue weighted by Crippen LogP contribution is 2.36. The highest BCUT2D eigenvalue weighted by molar-refractivity contribution is 5.61. The number of hydrogen-bond donors (Lipinski definition) is 1. The van der Waals surface area contributed by atoms with Gasteiger partial charge in [0.1, 0.15) is 5.82 Å². The van der Waals surface area contributed by atoms with Gasteiger partial charge in [0.2, 0.25) is 0 Å². The summed E-state index contributed by atoms with van der Waals surface area (Å²) in [6.45, 7) is 0.401. The van der Waals surface area contributed by atoms with Crippen molar-refractivity contribution >= 4 is 0 Å². The number of nitrogens with one attached hydrogen (secondary N) is 1. The Morgan fingerprint density at radius 2 is 1.95 bits per heavy atom. The number of rotatable bonds is 3. The predicted octanol–water partition coefficient (Wildman–Crippen LogP) is 3.02. The van der Waals surface area contributed by atoms with Crippen molar-refractivity contribution in [3.8, 4) is 11.4 Å². The smallest absolute Gasteiger partial charge is 0.314 e. The third-order valence-electron chi connectivity index (χ3n) is 2.60. The highest BCUT2D eigenvalue weighted by atomic mass is 19.4. The number of hydrogen-bond acceptors (Lipinski definition) is 3. The molecule has 2 aromatic rings. The van der Waals surface area contributed by atoms with Gasteiger partial charge in [0.05, 0.1) is 11.3 Å². The maximum atomic E-state index is 13.0. The first kappa shape index (κ1) is 14.4. The van der Waals surface area contributed by atoms with Gasteiger partial charge in [0.25, 0.3) is 0 Å². The molecular formula is C13H11F4N3. The third kappa shape index (κ3) is 3.11. The molecule has 1 aromatic carbocycles. The van der Waals surface area contributed by atoms with E-state index in [0.29, 0.717) is 18.3 Å². The summed E-state index contributed by atoms with van der Waals surface area (Å²) in [5.41, 5.74) is -0.772. The minimum Gasteiger partial charge on any atom is -0.314 e. The fraction of sp³-hybridized carbons (Fsp3) is 0.231. The van der Waals surface area contributed by atoms with Gasteiger partial charge >= 0.3 is 6.18 Å². The van der Waals surface area contributed by atoms with Crippen LogP contribution < -0.4 is 5.32 Å². The Morgan fingerprint density at radius 1 is 1.20 bits per heavy atom. The minimum absolute atomic E-state index is 0.0786. The van der Waals surface area contributed by atoms with E-state index in [2.05, 4.69) is 15.3 Å². The largest absolute Gasteiger partial charge is 0.417 e. The zero-order valence-corrected chi connectivity index (χ0v) is 10.5. The van der Waals surface area contributed by atoms with Crippen LogP contribution in [-0.2, 0) is 12.7 Å². The van der Waals surface area contributed by atoms with Crippen molar-refractivity contribution in [2.45, 2.75) is 12.7 Å². The van der Waals surface area contributed by atoms with E-state index in [9.17, 15) is 17.6 Å². The van der Waals surface area contributed by atoms with Gasteiger partial charge in [-0.05, 0) is 31.3 Å². The third-order valence-corrected chi connectivity index (χ3v) is 2.60. The maximum absolute atomic E-state index is 13.0. The van der Waals surface area contributed by atoms with Gasteiger partial charge in [0.15, 0.2) is 5.82 Å². The molecule has 106 valence electrons. The molecule has 0 aliphatic carbocycles. The van der Waals surface area contributed by atoms with Crippen molar-refractivity contribution in [2.75, 3.05) is 7.05 Å². The average molecular weight is 285 g/mol. The molecule has 1 aromatic heterocycles. The standard InChI is InChI=1S/C13H11F4N3/c1-18-7-9-4-5-19-12(20-9)10-3-2-8(14)6-11(10)13(15,16)17/h2-6,18H,7H2,1H3. The molecule has 20 heavy (non-hydrogen) atoms.